The average molecular weight is 305 g/mol. The van der Waals surface area contributed by atoms with Crippen molar-refractivity contribution in [1.82, 2.24) is 0 Å². The molecule has 0 amide bonds. The molecule has 2 saturated carbocycles. The second kappa shape index (κ2) is 6.13. The van der Waals surface area contributed by atoms with E-state index in [-0.39, 0.29) is 5.41 Å². The summed E-state index contributed by atoms with van der Waals surface area (Å²) in [6, 6.07) is 0. The number of hydrogen-bond donors (Lipinski definition) is 0. The SMILES string of the molecule is C=C1CCC2C(C)(C)CCCC2(C)C1CCC(C)(C)CC=O. The largest absolute Gasteiger partial charge is 0.303 e. The minimum atomic E-state index is 0.134. The summed E-state index contributed by atoms with van der Waals surface area (Å²) in [4.78, 5) is 10.9. The number of hydrogen-bond acceptors (Lipinski definition) is 1. The molecule has 2 aliphatic rings. The maximum absolute atomic E-state index is 10.9. The first-order chi connectivity index (χ1) is 10.1. The highest BCUT2D eigenvalue weighted by Crippen LogP contribution is 2.62. The van der Waals surface area contributed by atoms with E-state index in [0.717, 1.165) is 18.6 Å². The minimum Gasteiger partial charge on any atom is -0.303 e. The quantitative estimate of drug-likeness (QED) is 0.438. The fraction of sp³-hybridized carbons (Fsp3) is 0.857. The molecule has 2 rings (SSSR count). The van der Waals surface area contributed by atoms with E-state index in [9.17, 15) is 4.79 Å². The highest BCUT2D eigenvalue weighted by Gasteiger charge is 2.52. The van der Waals surface area contributed by atoms with Crippen molar-refractivity contribution in [2.75, 3.05) is 0 Å². The van der Waals surface area contributed by atoms with Crippen LogP contribution in [-0.4, -0.2) is 6.29 Å². The van der Waals surface area contributed by atoms with Gasteiger partial charge >= 0.3 is 0 Å². The van der Waals surface area contributed by atoms with Crippen molar-refractivity contribution in [3.05, 3.63) is 12.2 Å². The third-order valence-corrected chi connectivity index (χ3v) is 7.06. The molecule has 0 spiro atoms. The Balaban J connectivity index is 2.17. The highest BCUT2D eigenvalue weighted by atomic mass is 16.1. The van der Waals surface area contributed by atoms with Crippen molar-refractivity contribution in [1.29, 1.82) is 0 Å². The Morgan fingerprint density at radius 3 is 2.59 bits per heavy atom. The van der Waals surface area contributed by atoms with Crippen LogP contribution >= 0.6 is 0 Å². The molecule has 0 aromatic rings. The van der Waals surface area contributed by atoms with E-state index in [1.165, 1.54) is 44.1 Å². The Kier molecular flexibility index (Phi) is 4.95. The number of rotatable bonds is 5. The van der Waals surface area contributed by atoms with Gasteiger partial charge in [-0.2, -0.15) is 0 Å². The van der Waals surface area contributed by atoms with Crippen molar-refractivity contribution in [2.24, 2.45) is 28.1 Å². The van der Waals surface area contributed by atoms with Crippen LogP contribution in [-0.2, 0) is 4.79 Å². The van der Waals surface area contributed by atoms with Crippen molar-refractivity contribution in [3.63, 3.8) is 0 Å². The zero-order chi connectivity index (χ0) is 16.6. The van der Waals surface area contributed by atoms with Gasteiger partial charge in [-0.05, 0) is 66.6 Å². The lowest BCUT2D eigenvalue weighted by Gasteiger charge is -2.58. The first-order valence-corrected chi connectivity index (χ1v) is 9.24. The number of carbonyl (C=O) groups excluding carboxylic acids is 1. The lowest BCUT2D eigenvalue weighted by Crippen LogP contribution is -2.49. The molecular weight excluding hydrogens is 268 g/mol. The zero-order valence-electron chi connectivity index (χ0n) is 15.5. The molecule has 22 heavy (non-hydrogen) atoms. The second-order valence-corrected chi connectivity index (χ2v) is 9.72. The van der Waals surface area contributed by atoms with Gasteiger partial charge in [0.15, 0.2) is 0 Å². The van der Waals surface area contributed by atoms with Crippen molar-refractivity contribution >= 4 is 6.29 Å². The third-order valence-electron chi connectivity index (χ3n) is 7.06. The van der Waals surface area contributed by atoms with Crippen LogP contribution in [0.1, 0.15) is 86.0 Å². The van der Waals surface area contributed by atoms with Crippen LogP contribution in [0.3, 0.4) is 0 Å². The standard InChI is InChI=1S/C21H36O/c1-16-8-9-18-20(4,5)11-7-12-21(18,6)17(16)10-13-19(2,3)14-15-22/h15,17-18H,1,7-14H2,2-6H3. The maximum Gasteiger partial charge on any atom is 0.120 e. The molecule has 0 aromatic carbocycles. The molecule has 0 aliphatic heterocycles. The molecular formula is C21H36O. The highest BCUT2D eigenvalue weighted by molar-refractivity contribution is 5.50. The smallest absolute Gasteiger partial charge is 0.120 e. The molecule has 0 radical (unpaired) electrons. The Hall–Kier alpha value is -0.590. The van der Waals surface area contributed by atoms with Gasteiger partial charge in [-0.25, -0.2) is 0 Å². The van der Waals surface area contributed by atoms with Crippen LogP contribution in [0.15, 0.2) is 12.2 Å². The summed E-state index contributed by atoms with van der Waals surface area (Å²) in [6.07, 6.45) is 10.8. The molecule has 0 aromatic heterocycles. The summed E-state index contributed by atoms with van der Waals surface area (Å²) in [5, 5.41) is 0. The molecule has 0 heterocycles. The first-order valence-electron chi connectivity index (χ1n) is 9.24. The number of aldehydes is 1. The molecule has 2 fully saturated rings. The monoisotopic (exact) mass is 304 g/mol. The zero-order valence-corrected chi connectivity index (χ0v) is 15.5. The van der Waals surface area contributed by atoms with Crippen LogP contribution in [0.2, 0.25) is 0 Å². The van der Waals surface area contributed by atoms with Crippen molar-refractivity contribution < 1.29 is 4.79 Å². The number of allylic oxidation sites excluding steroid dienone is 1. The fourth-order valence-electron chi connectivity index (χ4n) is 5.67. The van der Waals surface area contributed by atoms with Crippen LogP contribution in [0.5, 0.6) is 0 Å². The van der Waals surface area contributed by atoms with Gasteiger partial charge in [0.1, 0.15) is 6.29 Å². The molecule has 3 unspecified atom stereocenters. The predicted octanol–water partition coefficient (Wildman–Crippen LogP) is 6.18. The van der Waals surface area contributed by atoms with E-state index in [4.69, 9.17) is 0 Å². The molecule has 1 heteroatoms. The lowest BCUT2D eigenvalue weighted by molar-refractivity contribution is -0.109. The van der Waals surface area contributed by atoms with E-state index < -0.39 is 0 Å². The van der Waals surface area contributed by atoms with E-state index >= 15 is 0 Å². The summed E-state index contributed by atoms with van der Waals surface area (Å²) in [5.41, 5.74) is 2.52. The van der Waals surface area contributed by atoms with Crippen LogP contribution in [0.25, 0.3) is 0 Å². The Labute approximate surface area is 137 Å². The molecule has 0 saturated heterocycles. The average Bonchev–Trinajstić information content (AvgIpc) is 2.36. The number of carbonyl (C=O) groups is 1. The second-order valence-electron chi connectivity index (χ2n) is 9.72. The van der Waals surface area contributed by atoms with Gasteiger partial charge in [-0.3, -0.25) is 0 Å². The molecule has 1 nitrogen and oxygen atoms in total. The van der Waals surface area contributed by atoms with E-state index in [0.29, 0.717) is 23.2 Å². The first kappa shape index (κ1) is 17.8. The van der Waals surface area contributed by atoms with E-state index in [1.54, 1.807) is 0 Å². The van der Waals surface area contributed by atoms with Crippen molar-refractivity contribution in [2.45, 2.75) is 86.0 Å². The molecule has 126 valence electrons. The van der Waals surface area contributed by atoms with Gasteiger partial charge in [-0.15, -0.1) is 0 Å². The third kappa shape index (κ3) is 3.34. The Bertz CT molecular complexity index is 431. The van der Waals surface area contributed by atoms with Gasteiger partial charge < -0.3 is 4.79 Å². The normalized spacial score (nSPS) is 35.0. The van der Waals surface area contributed by atoms with E-state index in [2.05, 4.69) is 41.2 Å². The maximum atomic E-state index is 10.9. The minimum absolute atomic E-state index is 0.134. The van der Waals surface area contributed by atoms with Crippen molar-refractivity contribution in [3.8, 4) is 0 Å². The molecule has 3 atom stereocenters. The molecule has 0 bridgehead atoms. The summed E-state index contributed by atoms with van der Waals surface area (Å²) < 4.78 is 0. The van der Waals surface area contributed by atoms with Crippen LogP contribution in [0.4, 0.5) is 0 Å². The molecule has 0 N–H and O–H groups in total. The number of fused-ring (bicyclic) bond motifs is 1. The van der Waals surface area contributed by atoms with Gasteiger partial charge in [0.25, 0.3) is 0 Å². The molecule has 2 aliphatic carbocycles. The van der Waals surface area contributed by atoms with Gasteiger partial charge in [0.2, 0.25) is 0 Å². The van der Waals surface area contributed by atoms with Crippen LogP contribution < -0.4 is 0 Å². The van der Waals surface area contributed by atoms with Gasteiger partial charge in [0.05, 0.1) is 0 Å². The fourth-order valence-corrected chi connectivity index (χ4v) is 5.67. The Morgan fingerprint density at radius 2 is 1.95 bits per heavy atom. The van der Waals surface area contributed by atoms with Gasteiger partial charge in [0, 0.05) is 6.42 Å². The lowest BCUT2D eigenvalue weighted by atomic mass is 9.47. The van der Waals surface area contributed by atoms with Gasteiger partial charge in [-0.1, -0.05) is 53.2 Å². The predicted molar refractivity (Wildman–Crippen MR) is 94.8 cm³/mol. The topological polar surface area (TPSA) is 17.1 Å². The summed E-state index contributed by atoms with van der Waals surface area (Å²) in [7, 11) is 0. The van der Waals surface area contributed by atoms with Crippen LogP contribution in [0, 0.1) is 28.1 Å². The Morgan fingerprint density at radius 1 is 1.27 bits per heavy atom. The summed E-state index contributed by atoms with van der Waals surface area (Å²) in [5.74, 6) is 1.48. The van der Waals surface area contributed by atoms with E-state index in [1.807, 2.05) is 0 Å². The summed E-state index contributed by atoms with van der Waals surface area (Å²) in [6.45, 7) is 16.4. The summed E-state index contributed by atoms with van der Waals surface area (Å²) >= 11 is 0.